The fraction of sp³-hybridized carbons (Fsp3) is 0.562. The number of aliphatic hydroxyl groups excluding tert-OH is 1. The van der Waals surface area contributed by atoms with Gasteiger partial charge in [0.05, 0.1) is 5.71 Å². The fourth-order valence-corrected chi connectivity index (χ4v) is 2.33. The molecule has 0 saturated carbocycles. The minimum Gasteiger partial charge on any atom is -0.393 e. The second-order valence-corrected chi connectivity index (χ2v) is 5.56. The molecule has 0 aliphatic heterocycles. The van der Waals surface area contributed by atoms with E-state index in [0.29, 0.717) is 12.6 Å². The second-order valence-electron chi connectivity index (χ2n) is 5.56. The van der Waals surface area contributed by atoms with Crippen LogP contribution in [-0.4, -0.2) is 36.1 Å². The lowest BCUT2D eigenvalue weighted by Gasteiger charge is -2.17. The Balaban J connectivity index is 0.00000220. The summed E-state index contributed by atoms with van der Waals surface area (Å²) in [5.41, 5.74) is 3.52. The fourth-order valence-electron chi connectivity index (χ4n) is 2.33. The number of benzene rings is 1. The maximum atomic E-state index is 9.77. The molecule has 21 heavy (non-hydrogen) atoms. The predicted molar refractivity (Wildman–Crippen MR) is 88.3 cm³/mol. The summed E-state index contributed by atoms with van der Waals surface area (Å²) in [7, 11) is 0. The average Bonchev–Trinajstić information content (AvgIpc) is 2.45. The van der Waals surface area contributed by atoms with E-state index in [-0.39, 0.29) is 19.0 Å². The van der Waals surface area contributed by atoms with Crippen molar-refractivity contribution in [1.29, 1.82) is 0 Å². The molecule has 118 valence electrons. The van der Waals surface area contributed by atoms with Gasteiger partial charge in [-0.05, 0) is 24.8 Å². The van der Waals surface area contributed by atoms with E-state index in [9.17, 15) is 5.11 Å². The molecule has 0 aromatic heterocycles. The van der Waals surface area contributed by atoms with Crippen molar-refractivity contribution in [1.82, 2.24) is 5.32 Å². The van der Waals surface area contributed by atoms with Gasteiger partial charge in [0.1, 0.15) is 12.7 Å². The molecule has 0 heterocycles. The number of aliphatic hydroxyl groups is 1. The largest absolute Gasteiger partial charge is 0.393 e. The van der Waals surface area contributed by atoms with E-state index in [2.05, 4.69) is 28.7 Å². The van der Waals surface area contributed by atoms with Crippen LogP contribution in [0.25, 0.3) is 0 Å². The molecule has 0 amide bonds. The first-order valence-corrected chi connectivity index (χ1v) is 7.35. The molecular formula is C16H25ClN2O2. The molecule has 4 nitrogen and oxygen atoms in total. The van der Waals surface area contributed by atoms with Gasteiger partial charge in [-0.3, -0.25) is 0 Å². The van der Waals surface area contributed by atoms with Crippen molar-refractivity contribution < 1.29 is 9.94 Å². The normalized spacial score (nSPS) is 17.2. The van der Waals surface area contributed by atoms with Crippen LogP contribution in [0.15, 0.2) is 29.4 Å². The standard InChI is InChI=1S/C16H24N2O2.ClH/c1-12(2)17-10-14(19)11-20-18-16-9-5-7-13-6-3-4-8-15(13)16;/h3-4,6,8,12,14,17,19H,5,7,9-11H2,1-2H3;1H/b18-16+;. The van der Waals surface area contributed by atoms with Gasteiger partial charge in [-0.25, -0.2) is 0 Å². The number of halogens is 1. The van der Waals surface area contributed by atoms with Gasteiger partial charge in [0.25, 0.3) is 0 Å². The molecule has 0 fully saturated rings. The van der Waals surface area contributed by atoms with E-state index >= 15 is 0 Å². The molecule has 0 bridgehead atoms. The van der Waals surface area contributed by atoms with Crippen molar-refractivity contribution in [2.75, 3.05) is 13.2 Å². The Morgan fingerprint density at radius 1 is 1.29 bits per heavy atom. The van der Waals surface area contributed by atoms with Gasteiger partial charge < -0.3 is 15.3 Å². The smallest absolute Gasteiger partial charge is 0.144 e. The number of fused-ring (bicyclic) bond motifs is 1. The Morgan fingerprint density at radius 3 is 2.81 bits per heavy atom. The quantitative estimate of drug-likeness (QED) is 0.794. The Hall–Kier alpha value is -1.10. The third kappa shape index (κ3) is 5.65. The third-order valence-corrected chi connectivity index (χ3v) is 3.39. The summed E-state index contributed by atoms with van der Waals surface area (Å²) in [4.78, 5) is 5.32. The monoisotopic (exact) mass is 312 g/mol. The van der Waals surface area contributed by atoms with Crippen LogP contribution in [0.3, 0.4) is 0 Å². The van der Waals surface area contributed by atoms with E-state index in [1.54, 1.807) is 0 Å². The first-order valence-electron chi connectivity index (χ1n) is 7.35. The van der Waals surface area contributed by atoms with Crippen LogP contribution in [0.2, 0.25) is 0 Å². The Labute approximate surface area is 133 Å². The van der Waals surface area contributed by atoms with E-state index in [1.165, 1.54) is 11.1 Å². The highest BCUT2D eigenvalue weighted by Gasteiger charge is 2.15. The number of nitrogens with one attached hydrogen (secondary N) is 1. The molecule has 1 aromatic carbocycles. The molecule has 0 saturated heterocycles. The first kappa shape index (κ1) is 18.0. The van der Waals surface area contributed by atoms with E-state index < -0.39 is 6.10 Å². The lowest BCUT2D eigenvalue weighted by molar-refractivity contribution is 0.0392. The van der Waals surface area contributed by atoms with E-state index in [1.807, 2.05) is 19.9 Å². The Bertz CT molecular complexity index is 463. The van der Waals surface area contributed by atoms with Gasteiger partial charge in [0, 0.05) is 18.2 Å². The zero-order valence-corrected chi connectivity index (χ0v) is 13.5. The van der Waals surface area contributed by atoms with Gasteiger partial charge in [-0.15, -0.1) is 12.4 Å². The summed E-state index contributed by atoms with van der Waals surface area (Å²) in [5.74, 6) is 0. The van der Waals surface area contributed by atoms with Crippen molar-refractivity contribution in [3.63, 3.8) is 0 Å². The van der Waals surface area contributed by atoms with Crippen LogP contribution < -0.4 is 5.32 Å². The summed E-state index contributed by atoms with van der Waals surface area (Å²) in [6.07, 6.45) is 2.63. The van der Waals surface area contributed by atoms with Crippen molar-refractivity contribution in [2.45, 2.75) is 45.3 Å². The van der Waals surface area contributed by atoms with Gasteiger partial charge in [-0.1, -0.05) is 43.3 Å². The van der Waals surface area contributed by atoms with Crippen LogP contribution in [0.1, 0.15) is 37.8 Å². The molecular weight excluding hydrogens is 288 g/mol. The number of oxime groups is 1. The van der Waals surface area contributed by atoms with Gasteiger partial charge in [-0.2, -0.15) is 0 Å². The molecule has 5 heteroatoms. The van der Waals surface area contributed by atoms with Crippen molar-refractivity contribution in [2.24, 2.45) is 5.16 Å². The topological polar surface area (TPSA) is 53.8 Å². The predicted octanol–water partition coefficient (Wildman–Crippen LogP) is 2.52. The number of aryl methyl sites for hydroxylation is 1. The summed E-state index contributed by atoms with van der Waals surface area (Å²) in [6, 6.07) is 8.69. The van der Waals surface area contributed by atoms with Crippen LogP contribution in [-0.2, 0) is 11.3 Å². The lowest BCUT2D eigenvalue weighted by Crippen LogP contribution is -2.34. The van der Waals surface area contributed by atoms with Crippen molar-refractivity contribution in [3.8, 4) is 0 Å². The van der Waals surface area contributed by atoms with Crippen LogP contribution in [0.4, 0.5) is 0 Å². The summed E-state index contributed by atoms with van der Waals surface area (Å²) in [6.45, 7) is 4.85. The lowest BCUT2D eigenvalue weighted by atomic mass is 9.90. The van der Waals surface area contributed by atoms with Gasteiger partial charge in [0.15, 0.2) is 0 Å². The average molecular weight is 313 g/mol. The van der Waals surface area contributed by atoms with Crippen molar-refractivity contribution >= 4 is 18.1 Å². The zero-order valence-electron chi connectivity index (χ0n) is 12.7. The minimum atomic E-state index is -0.527. The maximum Gasteiger partial charge on any atom is 0.144 e. The number of nitrogens with zero attached hydrogens (tertiary/aromatic N) is 1. The third-order valence-electron chi connectivity index (χ3n) is 3.39. The molecule has 0 radical (unpaired) electrons. The summed E-state index contributed by atoms with van der Waals surface area (Å²) < 4.78 is 0. The first-order chi connectivity index (χ1) is 9.66. The SMILES string of the molecule is CC(C)NCC(O)CO/N=C1\CCCc2ccccc21.Cl. The van der Waals surface area contributed by atoms with Gasteiger partial charge >= 0.3 is 0 Å². The zero-order chi connectivity index (χ0) is 14.4. The van der Waals surface area contributed by atoms with Crippen LogP contribution in [0, 0.1) is 0 Å². The van der Waals surface area contributed by atoms with Gasteiger partial charge in [0.2, 0.25) is 0 Å². The number of hydrogen-bond donors (Lipinski definition) is 2. The minimum absolute atomic E-state index is 0. The van der Waals surface area contributed by atoms with E-state index in [0.717, 1.165) is 25.0 Å². The Kier molecular flexibility index (Phi) is 7.72. The molecule has 0 spiro atoms. The molecule has 1 atom stereocenters. The molecule has 1 aliphatic rings. The molecule has 2 rings (SSSR count). The van der Waals surface area contributed by atoms with Crippen molar-refractivity contribution in [3.05, 3.63) is 35.4 Å². The molecule has 2 N–H and O–H groups in total. The van der Waals surface area contributed by atoms with Crippen LogP contribution in [0.5, 0.6) is 0 Å². The Morgan fingerprint density at radius 2 is 2.05 bits per heavy atom. The second kappa shape index (κ2) is 9.03. The number of hydrogen-bond acceptors (Lipinski definition) is 4. The summed E-state index contributed by atoms with van der Waals surface area (Å²) in [5, 5.41) is 17.2. The summed E-state index contributed by atoms with van der Waals surface area (Å²) >= 11 is 0. The highest BCUT2D eigenvalue weighted by molar-refractivity contribution is 6.02. The maximum absolute atomic E-state index is 9.77. The number of rotatable bonds is 6. The molecule has 1 aromatic rings. The van der Waals surface area contributed by atoms with E-state index in [4.69, 9.17) is 4.84 Å². The highest BCUT2D eigenvalue weighted by atomic mass is 35.5. The molecule has 1 aliphatic carbocycles. The highest BCUT2D eigenvalue weighted by Crippen LogP contribution is 2.21. The van der Waals surface area contributed by atoms with Crippen LogP contribution >= 0.6 is 12.4 Å². The molecule has 1 unspecified atom stereocenters.